The highest BCUT2D eigenvalue weighted by Crippen LogP contribution is 2.79. The van der Waals surface area contributed by atoms with E-state index in [1.54, 1.807) is 45.6 Å². The second-order valence-electron chi connectivity index (χ2n) is 13.7. The Balaban J connectivity index is 0.00000329. The van der Waals surface area contributed by atoms with Gasteiger partial charge in [0.2, 0.25) is 5.91 Å². The van der Waals surface area contributed by atoms with Crippen molar-refractivity contribution in [1.29, 1.82) is 0 Å². The fourth-order valence-electron chi connectivity index (χ4n) is 11.6. The first-order valence-corrected chi connectivity index (χ1v) is 15.4. The molecule has 1 spiro atoms. The number of likely N-dealkylation sites (N-methyl/N-ethyl adjacent to an activating group) is 1. The number of aliphatic hydroxyl groups is 2. The van der Waals surface area contributed by atoms with Gasteiger partial charge in [0, 0.05) is 76.3 Å². The van der Waals surface area contributed by atoms with Crippen LogP contribution < -0.4 is 5.32 Å². The molecule has 11 heteroatoms. The summed E-state index contributed by atoms with van der Waals surface area (Å²) in [7, 11) is 5.05. The minimum atomic E-state index is -1.48. The van der Waals surface area contributed by atoms with Gasteiger partial charge in [0.1, 0.15) is 16.8 Å². The molecule has 4 unspecified atom stereocenters. The third-order valence-electron chi connectivity index (χ3n) is 12.6. The van der Waals surface area contributed by atoms with Gasteiger partial charge >= 0.3 is 5.97 Å². The number of hydrogen-bond donors (Lipinski definition) is 3. The van der Waals surface area contributed by atoms with Crippen LogP contribution in [0.3, 0.4) is 0 Å². The number of amides is 1. The Morgan fingerprint density at radius 2 is 1.81 bits per heavy atom. The zero-order chi connectivity index (χ0) is 29.8. The van der Waals surface area contributed by atoms with Crippen molar-refractivity contribution in [3.63, 3.8) is 0 Å². The Bertz CT molecular complexity index is 1300. The molecule has 6 fully saturated rings. The molecule has 12 atom stereocenters. The molecule has 5 aliphatic carbocycles. The van der Waals surface area contributed by atoms with Gasteiger partial charge in [0.25, 0.3) is 0 Å². The normalized spacial score (nSPS) is 47.0. The molecule has 1 amide bonds. The van der Waals surface area contributed by atoms with Crippen molar-refractivity contribution < 1.29 is 38.7 Å². The number of esters is 1. The molecule has 1 aromatic rings. The number of hydrogen-bond acceptors (Lipinski definition) is 9. The summed E-state index contributed by atoms with van der Waals surface area (Å²) in [4.78, 5) is 28.3. The number of carbonyl (C=O) groups is 2. The number of carbonyl (C=O) groups excluding carboxylic acids is 2. The Kier molecular flexibility index (Phi) is 7.64. The summed E-state index contributed by atoms with van der Waals surface area (Å²) in [6, 6.07) is 6.89. The number of nitrogens with zero attached hydrogens (tertiary/aromatic N) is 1. The number of para-hydroxylation sites is 1. The minimum absolute atomic E-state index is 0. The molecule has 7 bridgehead atoms. The molecule has 1 aliphatic heterocycles. The summed E-state index contributed by atoms with van der Waals surface area (Å²) < 4.78 is 25.1. The van der Waals surface area contributed by atoms with E-state index in [1.165, 1.54) is 6.92 Å². The Hall–Kier alpha value is -1.60. The van der Waals surface area contributed by atoms with Crippen molar-refractivity contribution in [3.8, 4) is 0 Å². The number of piperidine rings is 1. The SMILES string of the molecule is Br.CCN1C[C@]2(OC(=O)c3ccccc3NC(C)=O)CC[C@H](OC)[C@]34C1C(C[C@H]23)[C@@]1(O)CC(OC)[C@H]2C[C@@H]4[C@]1(O)C2OC. The van der Waals surface area contributed by atoms with Crippen molar-refractivity contribution in [2.45, 2.75) is 87.1 Å². The van der Waals surface area contributed by atoms with Gasteiger partial charge in [-0.2, -0.15) is 0 Å². The van der Waals surface area contributed by atoms with Crippen molar-refractivity contribution in [2.75, 3.05) is 39.7 Å². The third-order valence-corrected chi connectivity index (χ3v) is 12.6. The molecule has 1 heterocycles. The van der Waals surface area contributed by atoms with E-state index in [0.717, 1.165) is 0 Å². The number of nitrogens with one attached hydrogen (secondary N) is 1. The lowest BCUT2D eigenvalue weighted by atomic mass is 9.44. The number of fused-ring (bicyclic) bond motifs is 2. The van der Waals surface area contributed by atoms with E-state index < -0.39 is 34.3 Å². The van der Waals surface area contributed by atoms with Gasteiger partial charge in [-0.3, -0.25) is 9.69 Å². The van der Waals surface area contributed by atoms with E-state index in [-0.39, 0.29) is 64.8 Å². The van der Waals surface area contributed by atoms with Crippen LogP contribution in [0.2, 0.25) is 0 Å². The van der Waals surface area contributed by atoms with Crippen LogP contribution in [0, 0.1) is 29.1 Å². The van der Waals surface area contributed by atoms with Crippen LogP contribution in [0.4, 0.5) is 5.69 Å². The largest absolute Gasteiger partial charge is 0.454 e. The lowest BCUT2D eigenvalue weighted by molar-refractivity contribution is -0.337. The first-order chi connectivity index (χ1) is 20.1. The highest BCUT2D eigenvalue weighted by Gasteiger charge is 2.89. The number of anilines is 1. The molecule has 238 valence electrons. The number of rotatable bonds is 7. The zero-order valence-corrected chi connectivity index (χ0v) is 27.3. The standard InChI is InChI=1S/C32H44N2O8.BrH/c1-6-34-16-29(42-28(36)18-9-7-8-10-21(18)33-17(2)35)12-11-25(40-4)31-23(29)14-20(26(31)34)30(37)15-22(39-3)19-13-24(31)32(30,38)27(19)41-5;/h7-10,19-20,22-27,37-38H,6,11-16H2,1-5H3,(H,33,35);1H/t19-,20?,22?,23-,24+,25+,26?,27?,29-,30+,31+,32+;/m1./s1. The van der Waals surface area contributed by atoms with E-state index in [9.17, 15) is 19.8 Å². The molecule has 1 aromatic carbocycles. The van der Waals surface area contributed by atoms with Crippen molar-refractivity contribution in [1.82, 2.24) is 4.90 Å². The van der Waals surface area contributed by atoms with Crippen LogP contribution >= 0.6 is 17.0 Å². The second kappa shape index (κ2) is 10.5. The summed E-state index contributed by atoms with van der Waals surface area (Å²) >= 11 is 0. The van der Waals surface area contributed by atoms with Gasteiger partial charge in [0.15, 0.2) is 0 Å². The lowest BCUT2D eigenvalue weighted by Gasteiger charge is -2.70. The summed E-state index contributed by atoms with van der Waals surface area (Å²) in [5.41, 5.74) is -3.57. The fraction of sp³-hybridized carbons (Fsp3) is 0.750. The molecular formula is C32H45BrN2O8. The molecule has 10 nitrogen and oxygen atoms in total. The summed E-state index contributed by atoms with van der Waals surface area (Å²) in [5, 5.41) is 28.4. The van der Waals surface area contributed by atoms with Gasteiger partial charge in [-0.15, -0.1) is 17.0 Å². The van der Waals surface area contributed by atoms with Gasteiger partial charge in [-0.05, 0) is 44.4 Å². The molecular weight excluding hydrogens is 620 g/mol. The molecule has 43 heavy (non-hydrogen) atoms. The molecule has 5 saturated carbocycles. The maximum Gasteiger partial charge on any atom is 0.340 e. The third kappa shape index (κ3) is 3.67. The first kappa shape index (κ1) is 31.4. The van der Waals surface area contributed by atoms with E-state index in [4.69, 9.17) is 18.9 Å². The summed E-state index contributed by atoms with van der Waals surface area (Å²) in [5.74, 6) is -1.54. The Morgan fingerprint density at radius 3 is 2.47 bits per heavy atom. The maximum absolute atomic E-state index is 14.0. The van der Waals surface area contributed by atoms with Crippen LogP contribution in [0.1, 0.15) is 56.3 Å². The highest BCUT2D eigenvalue weighted by molar-refractivity contribution is 8.93. The molecule has 7 rings (SSSR count). The predicted molar refractivity (Wildman–Crippen MR) is 162 cm³/mol. The topological polar surface area (TPSA) is 127 Å². The highest BCUT2D eigenvalue weighted by atomic mass is 79.9. The number of halogens is 1. The summed E-state index contributed by atoms with van der Waals surface area (Å²) in [6.45, 7) is 4.79. The average Bonchev–Trinajstić information content (AvgIpc) is 3.39. The molecule has 3 N–H and O–H groups in total. The predicted octanol–water partition coefficient (Wildman–Crippen LogP) is 2.80. The fourth-order valence-corrected chi connectivity index (χ4v) is 11.6. The van der Waals surface area contributed by atoms with E-state index in [2.05, 4.69) is 17.1 Å². The van der Waals surface area contributed by atoms with Crippen LogP contribution in [0.5, 0.6) is 0 Å². The first-order valence-electron chi connectivity index (χ1n) is 15.4. The maximum atomic E-state index is 14.0. The van der Waals surface area contributed by atoms with Crippen LogP contribution in [0.25, 0.3) is 0 Å². The Labute approximate surface area is 263 Å². The average molecular weight is 666 g/mol. The number of likely N-dealkylation sites (tertiary alicyclic amines) is 1. The Morgan fingerprint density at radius 1 is 1.07 bits per heavy atom. The zero-order valence-electron chi connectivity index (χ0n) is 25.6. The minimum Gasteiger partial charge on any atom is -0.454 e. The van der Waals surface area contributed by atoms with Crippen molar-refractivity contribution in [3.05, 3.63) is 29.8 Å². The van der Waals surface area contributed by atoms with E-state index in [0.29, 0.717) is 56.4 Å². The van der Waals surface area contributed by atoms with Crippen LogP contribution in [0.15, 0.2) is 24.3 Å². The van der Waals surface area contributed by atoms with E-state index in [1.807, 2.05) is 0 Å². The van der Waals surface area contributed by atoms with Crippen LogP contribution in [-0.4, -0.2) is 103 Å². The van der Waals surface area contributed by atoms with Crippen LogP contribution in [-0.2, 0) is 23.7 Å². The summed E-state index contributed by atoms with van der Waals surface area (Å²) in [6.07, 6.45) is 1.91. The number of benzene rings is 1. The van der Waals surface area contributed by atoms with Crippen molar-refractivity contribution >= 4 is 34.5 Å². The molecule has 1 saturated heterocycles. The van der Waals surface area contributed by atoms with Crippen molar-refractivity contribution in [2.24, 2.45) is 29.1 Å². The van der Waals surface area contributed by atoms with Gasteiger partial charge in [0.05, 0.1) is 29.6 Å². The van der Waals surface area contributed by atoms with Gasteiger partial charge in [-0.1, -0.05) is 19.1 Å². The quantitative estimate of drug-likeness (QED) is 0.377. The van der Waals surface area contributed by atoms with Gasteiger partial charge in [-0.25, -0.2) is 4.79 Å². The number of methoxy groups -OCH3 is 3. The monoisotopic (exact) mass is 664 g/mol. The molecule has 0 radical (unpaired) electrons. The van der Waals surface area contributed by atoms with E-state index >= 15 is 0 Å². The number of ether oxygens (including phenoxy) is 4. The smallest absolute Gasteiger partial charge is 0.340 e. The second-order valence-corrected chi connectivity index (χ2v) is 13.7. The molecule has 6 aliphatic rings. The lowest BCUT2D eigenvalue weighted by Crippen LogP contribution is -2.83. The molecule has 0 aromatic heterocycles. The van der Waals surface area contributed by atoms with Gasteiger partial charge < -0.3 is 34.5 Å².